The number of hydrogen-bond acceptors (Lipinski definition) is 4. The number of benzene rings is 1. The van der Waals surface area contributed by atoms with Crippen LogP contribution in [-0.4, -0.2) is 53.3 Å². The number of hydrogen-bond donors (Lipinski definition) is 2. The van der Waals surface area contributed by atoms with Crippen molar-refractivity contribution in [3.63, 3.8) is 0 Å². The molecule has 0 radical (unpaired) electrons. The highest BCUT2D eigenvalue weighted by Crippen LogP contribution is 2.14. The molecular formula is C12H14FNO5. The first kappa shape index (κ1) is 14.9. The molecule has 0 saturated heterocycles. The summed E-state index contributed by atoms with van der Waals surface area (Å²) in [6, 6.07) is 5.80. The highest BCUT2D eigenvalue weighted by molar-refractivity contribution is 5.72. The zero-order valence-electron chi connectivity index (χ0n) is 10.1. The van der Waals surface area contributed by atoms with E-state index in [1.807, 2.05) is 0 Å². The van der Waals surface area contributed by atoms with Crippen LogP contribution in [0, 0.1) is 5.82 Å². The van der Waals surface area contributed by atoms with E-state index >= 15 is 0 Å². The van der Waals surface area contributed by atoms with Crippen LogP contribution in [0.5, 0.6) is 5.75 Å². The van der Waals surface area contributed by atoms with Gasteiger partial charge < -0.3 is 14.9 Å². The van der Waals surface area contributed by atoms with E-state index in [0.29, 0.717) is 0 Å². The summed E-state index contributed by atoms with van der Waals surface area (Å²) in [6.07, 6.45) is 0. The lowest BCUT2D eigenvalue weighted by atomic mass is 10.3. The molecule has 0 aliphatic heterocycles. The Kier molecular flexibility index (Phi) is 5.74. The molecule has 0 aromatic heterocycles. The fourth-order valence-electron chi connectivity index (χ4n) is 1.44. The van der Waals surface area contributed by atoms with Crippen molar-refractivity contribution in [3.05, 3.63) is 30.1 Å². The van der Waals surface area contributed by atoms with Gasteiger partial charge in [-0.05, 0) is 12.1 Å². The number of carboxylic acids is 2. The lowest BCUT2D eigenvalue weighted by Gasteiger charge is -2.18. The molecule has 0 bridgehead atoms. The van der Waals surface area contributed by atoms with Gasteiger partial charge in [-0.15, -0.1) is 0 Å². The first-order chi connectivity index (χ1) is 8.99. The molecular weight excluding hydrogens is 257 g/mol. The summed E-state index contributed by atoms with van der Waals surface area (Å²) in [5, 5.41) is 17.2. The topological polar surface area (TPSA) is 87.1 Å². The zero-order chi connectivity index (χ0) is 14.3. The van der Waals surface area contributed by atoms with Crippen LogP contribution in [0.1, 0.15) is 0 Å². The van der Waals surface area contributed by atoms with Crippen molar-refractivity contribution in [2.75, 3.05) is 26.2 Å². The summed E-state index contributed by atoms with van der Waals surface area (Å²) >= 11 is 0. The normalized spacial score (nSPS) is 10.4. The van der Waals surface area contributed by atoms with E-state index in [1.165, 1.54) is 23.1 Å². The van der Waals surface area contributed by atoms with Crippen LogP contribution >= 0.6 is 0 Å². The van der Waals surface area contributed by atoms with Gasteiger partial charge in [0.25, 0.3) is 0 Å². The Hall–Kier alpha value is -2.15. The predicted octanol–water partition coefficient (Wildman–Crippen LogP) is 0.676. The van der Waals surface area contributed by atoms with Crippen LogP contribution in [-0.2, 0) is 9.59 Å². The van der Waals surface area contributed by atoms with Crippen molar-refractivity contribution >= 4 is 11.9 Å². The molecule has 0 heterocycles. The Morgan fingerprint density at radius 3 is 2.26 bits per heavy atom. The van der Waals surface area contributed by atoms with Crippen molar-refractivity contribution < 1.29 is 28.9 Å². The number of carboxylic acid groups (broad SMARTS) is 2. The zero-order valence-corrected chi connectivity index (χ0v) is 10.1. The van der Waals surface area contributed by atoms with Crippen LogP contribution in [0.25, 0.3) is 0 Å². The molecule has 2 N–H and O–H groups in total. The van der Waals surface area contributed by atoms with E-state index in [1.54, 1.807) is 6.07 Å². The van der Waals surface area contributed by atoms with Crippen molar-refractivity contribution in [1.82, 2.24) is 4.90 Å². The standard InChI is InChI=1S/C12H14FNO5/c13-9-3-1-2-4-10(9)19-6-5-14(7-11(15)16)8-12(17)18/h1-4H,5-8H2,(H,15,16)(H,17,18). The van der Waals surface area contributed by atoms with Gasteiger partial charge in [0, 0.05) is 6.54 Å². The highest BCUT2D eigenvalue weighted by Gasteiger charge is 2.13. The molecule has 1 rings (SSSR count). The lowest BCUT2D eigenvalue weighted by Crippen LogP contribution is -2.37. The van der Waals surface area contributed by atoms with Crippen molar-refractivity contribution in [3.8, 4) is 5.75 Å². The third kappa shape index (κ3) is 5.82. The number of carbonyl (C=O) groups is 2. The molecule has 0 aliphatic rings. The van der Waals surface area contributed by atoms with Crippen LogP contribution in [0.3, 0.4) is 0 Å². The van der Waals surface area contributed by atoms with E-state index in [2.05, 4.69) is 0 Å². The Labute approximate surface area is 109 Å². The summed E-state index contributed by atoms with van der Waals surface area (Å²) in [5.74, 6) is -2.74. The smallest absolute Gasteiger partial charge is 0.317 e. The predicted molar refractivity (Wildman–Crippen MR) is 63.6 cm³/mol. The van der Waals surface area contributed by atoms with Crippen molar-refractivity contribution in [1.29, 1.82) is 0 Å². The number of rotatable bonds is 8. The van der Waals surface area contributed by atoms with Gasteiger partial charge in [0.15, 0.2) is 11.6 Å². The van der Waals surface area contributed by atoms with Gasteiger partial charge in [-0.1, -0.05) is 12.1 Å². The highest BCUT2D eigenvalue weighted by atomic mass is 19.1. The molecule has 1 aromatic rings. The molecule has 6 nitrogen and oxygen atoms in total. The summed E-state index contributed by atoms with van der Waals surface area (Å²) in [4.78, 5) is 22.3. The fourth-order valence-corrected chi connectivity index (χ4v) is 1.44. The van der Waals surface area contributed by atoms with Gasteiger partial charge in [0.2, 0.25) is 0 Å². The summed E-state index contributed by atoms with van der Waals surface area (Å²) in [7, 11) is 0. The first-order valence-corrected chi connectivity index (χ1v) is 5.52. The number of ether oxygens (including phenoxy) is 1. The largest absolute Gasteiger partial charge is 0.489 e. The van der Waals surface area contributed by atoms with Gasteiger partial charge >= 0.3 is 11.9 Å². The molecule has 104 valence electrons. The van der Waals surface area contributed by atoms with Crippen LogP contribution in [0.15, 0.2) is 24.3 Å². The minimum absolute atomic E-state index is 0.00148. The minimum atomic E-state index is -1.13. The summed E-state index contributed by atoms with van der Waals surface area (Å²) in [5.41, 5.74) is 0. The molecule has 0 fully saturated rings. The van der Waals surface area contributed by atoms with Gasteiger partial charge in [-0.25, -0.2) is 4.39 Å². The van der Waals surface area contributed by atoms with E-state index in [-0.39, 0.29) is 18.9 Å². The Morgan fingerprint density at radius 2 is 1.74 bits per heavy atom. The maximum absolute atomic E-state index is 13.2. The van der Waals surface area contributed by atoms with Gasteiger partial charge in [0.1, 0.15) is 6.61 Å². The second-order valence-corrected chi connectivity index (χ2v) is 3.78. The summed E-state index contributed by atoms with van der Waals surface area (Å²) < 4.78 is 18.3. The van der Waals surface area contributed by atoms with Crippen LogP contribution in [0.2, 0.25) is 0 Å². The molecule has 0 aliphatic carbocycles. The Balaban J connectivity index is 2.45. The monoisotopic (exact) mass is 271 g/mol. The molecule has 0 amide bonds. The maximum Gasteiger partial charge on any atom is 0.317 e. The van der Waals surface area contributed by atoms with E-state index in [4.69, 9.17) is 14.9 Å². The molecule has 0 atom stereocenters. The molecule has 7 heteroatoms. The van der Waals surface area contributed by atoms with Gasteiger partial charge in [-0.3, -0.25) is 14.5 Å². The fraction of sp³-hybridized carbons (Fsp3) is 0.333. The minimum Gasteiger partial charge on any atom is -0.489 e. The number of halogens is 1. The molecule has 0 unspecified atom stereocenters. The molecule has 0 saturated carbocycles. The second kappa shape index (κ2) is 7.32. The van der Waals surface area contributed by atoms with Crippen LogP contribution < -0.4 is 4.74 Å². The van der Waals surface area contributed by atoms with Gasteiger partial charge in [0.05, 0.1) is 13.1 Å². The number of para-hydroxylation sites is 1. The average Bonchev–Trinajstić information content (AvgIpc) is 2.30. The quantitative estimate of drug-likeness (QED) is 0.723. The van der Waals surface area contributed by atoms with Crippen molar-refractivity contribution in [2.24, 2.45) is 0 Å². The molecule has 19 heavy (non-hydrogen) atoms. The second-order valence-electron chi connectivity index (χ2n) is 3.78. The Morgan fingerprint density at radius 1 is 1.16 bits per heavy atom. The SMILES string of the molecule is O=C(O)CN(CCOc1ccccc1F)CC(=O)O. The third-order valence-electron chi connectivity index (χ3n) is 2.22. The van der Waals surface area contributed by atoms with Gasteiger partial charge in [-0.2, -0.15) is 0 Å². The maximum atomic E-state index is 13.2. The van der Waals surface area contributed by atoms with E-state index < -0.39 is 30.8 Å². The molecule has 1 aromatic carbocycles. The van der Waals surface area contributed by atoms with Crippen LogP contribution in [0.4, 0.5) is 4.39 Å². The average molecular weight is 271 g/mol. The lowest BCUT2D eigenvalue weighted by molar-refractivity contribution is -0.141. The Bertz CT molecular complexity index is 436. The summed E-state index contributed by atoms with van der Waals surface area (Å²) in [6.45, 7) is -0.742. The van der Waals surface area contributed by atoms with E-state index in [9.17, 15) is 14.0 Å². The number of aliphatic carboxylic acids is 2. The van der Waals surface area contributed by atoms with Crippen molar-refractivity contribution in [2.45, 2.75) is 0 Å². The number of nitrogens with zero attached hydrogens (tertiary/aromatic N) is 1. The first-order valence-electron chi connectivity index (χ1n) is 5.52. The van der Waals surface area contributed by atoms with E-state index in [0.717, 1.165) is 0 Å². The third-order valence-corrected chi connectivity index (χ3v) is 2.22. The molecule has 0 spiro atoms.